The first-order chi connectivity index (χ1) is 13.4. The number of fused-ring (bicyclic) bond motifs is 3. The Labute approximate surface area is 164 Å². The van der Waals surface area contributed by atoms with Gasteiger partial charge in [-0.05, 0) is 55.8 Å². The topological polar surface area (TPSA) is 60.3 Å². The SMILES string of the molecule is CCn1c2ccccc2c2cc(NS(=O)(=O)c3cc(C)ccc3OC)ccc21. The van der Waals surface area contributed by atoms with Crippen LogP contribution in [0.25, 0.3) is 21.8 Å². The second-order valence-electron chi connectivity index (χ2n) is 6.75. The van der Waals surface area contributed by atoms with E-state index >= 15 is 0 Å². The summed E-state index contributed by atoms with van der Waals surface area (Å²) >= 11 is 0. The van der Waals surface area contributed by atoms with Crippen LogP contribution in [-0.2, 0) is 16.6 Å². The van der Waals surface area contributed by atoms with Crippen molar-refractivity contribution in [3.63, 3.8) is 0 Å². The molecule has 144 valence electrons. The maximum Gasteiger partial charge on any atom is 0.265 e. The largest absolute Gasteiger partial charge is 0.495 e. The lowest BCUT2D eigenvalue weighted by molar-refractivity contribution is 0.402. The van der Waals surface area contributed by atoms with E-state index in [4.69, 9.17) is 4.74 Å². The molecule has 4 aromatic rings. The first-order valence-corrected chi connectivity index (χ1v) is 10.6. The highest BCUT2D eigenvalue weighted by Crippen LogP contribution is 2.32. The van der Waals surface area contributed by atoms with Crippen LogP contribution in [0.4, 0.5) is 5.69 Å². The van der Waals surface area contributed by atoms with Crippen LogP contribution in [0.3, 0.4) is 0 Å². The van der Waals surface area contributed by atoms with Crippen LogP contribution in [0.5, 0.6) is 5.75 Å². The monoisotopic (exact) mass is 394 g/mol. The number of aryl methyl sites for hydroxylation is 2. The second kappa shape index (κ2) is 6.87. The molecule has 4 rings (SSSR count). The van der Waals surface area contributed by atoms with E-state index in [0.29, 0.717) is 11.4 Å². The fraction of sp³-hybridized carbons (Fsp3) is 0.182. The van der Waals surface area contributed by atoms with Crippen molar-refractivity contribution < 1.29 is 13.2 Å². The van der Waals surface area contributed by atoms with E-state index < -0.39 is 10.0 Å². The Morgan fingerprint density at radius 3 is 2.46 bits per heavy atom. The Bertz CT molecular complexity index is 1290. The van der Waals surface area contributed by atoms with E-state index in [-0.39, 0.29) is 4.90 Å². The molecule has 28 heavy (non-hydrogen) atoms. The molecule has 0 fully saturated rings. The van der Waals surface area contributed by atoms with Gasteiger partial charge in [-0.25, -0.2) is 8.42 Å². The van der Waals surface area contributed by atoms with Crippen molar-refractivity contribution in [3.8, 4) is 5.75 Å². The predicted molar refractivity (Wildman–Crippen MR) is 114 cm³/mol. The third-order valence-corrected chi connectivity index (χ3v) is 6.35. The number of ether oxygens (including phenoxy) is 1. The molecular weight excluding hydrogens is 372 g/mol. The summed E-state index contributed by atoms with van der Waals surface area (Å²) < 4.78 is 36.2. The van der Waals surface area contributed by atoms with Crippen molar-refractivity contribution in [2.24, 2.45) is 0 Å². The molecule has 1 aromatic heterocycles. The van der Waals surface area contributed by atoms with Crippen molar-refractivity contribution in [2.75, 3.05) is 11.8 Å². The standard InChI is InChI=1S/C22H22N2O3S/c1-4-24-19-8-6-5-7-17(19)18-14-16(10-11-20(18)24)23-28(25,26)22-13-15(2)9-12-21(22)27-3/h5-14,23H,4H2,1-3H3. The van der Waals surface area contributed by atoms with Gasteiger partial charge in [0, 0.05) is 34.0 Å². The molecule has 0 amide bonds. The number of methoxy groups -OCH3 is 1. The molecule has 0 saturated carbocycles. The summed E-state index contributed by atoms with van der Waals surface area (Å²) in [4.78, 5) is 0.131. The summed E-state index contributed by atoms with van der Waals surface area (Å²) in [6.45, 7) is 4.80. The van der Waals surface area contributed by atoms with Crippen molar-refractivity contribution in [1.82, 2.24) is 4.57 Å². The van der Waals surface area contributed by atoms with Crippen LogP contribution in [0.2, 0.25) is 0 Å². The van der Waals surface area contributed by atoms with Gasteiger partial charge in [0.1, 0.15) is 10.6 Å². The van der Waals surface area contributed by atoms with Gasteiger partial charge in [-0.1, -0.05) is 24.3 Å². The van der Waals surface area contributed by atoms with E-state index in [1.807, 2.05) is 37.3 Å². The van der Waals surface area contributed by atoms with Crippen molar-refractivity contribution in [1.29, 1.82) is 0 Å². The summed E-state index contributed by atoms with van der Waals surface area (Å²) in [5, 5.41) is 2.13. The lowest BCUT2D eigenvalue weighted by Crippen LogP contribution is -2.14. The fourth-order valence-corrected chi connectivity index (χ4v) is 4.97. The number of hydrogen-bond acceptors (Lipinski definition) is 3. The zero-order valence-electron chi connectivity index (χ0n) is 16.1. The Balaban J connectivity index is 1.82. The van der Waals surface area contributed by atoms with Crippen molar-refractivity contribution >= 4 is 37.5 Å². The van der Waals surface area contributed by atoms with Crippen molar-refractivity contribution in [2.45, 2.75) is 25.3 Å². The van der Waals surface area contributed by atoms with Gasteiger partial charge in [-0.15, -0.1) is 0 Å². The van der Waals surface area contributed by atoms with Gasteiger partial charge in [0.05, 0.1) is 7.11 Å². The summed E-state index contributed by atoms with van der Waals surface area (Å²) in [5.41, 5.74) is 3.60. The third-order valence-electron chi connectivity index (χ3n) is 4.95. The van der Waals surface area contributed by atoms with Gasteiger partial charge in [-0.2, -0.15) is 0 Å². The van der Waals surface area contributed by atoms with Gasteiger partial charge >= 0.3 is 0 Å². The smallest absolute Gasteiger partial charge is 0.265 e. The second-order valence-corrected chi connectivity index (χ2v) is 8.40. The highest BCUT2D eigenvalue weighted by atomic mass is 32.2. The molecule has 0 spiro atoms. The lowest BCUT2D eigenvalue weighted by atomic mass is 10.1. The van der Waals surface area contributed by atoms with E-state index in [1.54, 1.807) is 18.2 Å². The number of benzene rings is 3. The van der Waals surface area contributed by atoms with Crippen LogP contribution < -0.4 is 9.46 Å². The predicted octanol–water partition coefficient (Wildman–Crippen LogP) is 4.93. The molecule has 5 nitrogen and oxygen atoms in total. The quantitative estimate of drug-likeness (QED) is 0.522. The summed E-state index contributed by atoms with van der Waals surface area (Å²) in [6.07, 6.45) is 0. The van der Waals surface area contributed by atoms with E-state index in [9.17, 15) is 8.42 Å². The summed E-state index contributed by atoms with van der Waals surface area (Å²) in [7, 11) is -2.31. The fourth-order valence-electron chi connectivity index (χ4n) is 3.66. The molecule has 6 heteroatoms. The Kier molecular flexibility index (Phi) is 4.51. The molecule has 0 bridgehead atoms. The van der Waals surface area contributed by atoms with Gasteiger partial charge in [0.25, 0.3) is 10.0 Å². The van der Waals surface area contributed by atoms with Gasteiger partial charge < -0.3 is 9.30 Å². The average molecular weight is 394 g/mol. The minimum absolute atomic E-state index is 0.131. The summed E-state index contributed by atoms with van der Waals surface area (Å²) in [6, 6.07) is 18.9. The average Bonchev–Trinajstić information content (AvgIpc) is 3.00. The zero-order chi connectivity index (χ0) is 19.9. The molecule has 1 N–H and O–H groups in total. The minimum Gasteiger partial charge on any atom is -0.495 e. The Morgan fingerprint density at radius 2 is 1.71 bits per heavy atom. The molecular formula is C22H22N2O3S. The Hall–Kier alpha value is -2.99. The number of hydrogen-bond donors (Lipinski definition) is 1. The van der Waals surface area contributed by atoms with Gasteiger partial charge in [-0.3, -0.25) is 4.72 Å². The molecule has 0 unspecified atom stereocenters. The zero-order valence-corrected chi connectivity index (χ0v) is 16.9. The van der Waals surface area contributed by atoms with E-state index in [2.05, 4.69) is 28.3 Å². The van der Waals surface area contributed by atoms with Gasteiger partial charge in [0.15, 0.2) is 0 Å². The number of para-hydroxylation sites is 1. The van der Waals surface area contributed by atoms with Crippen LogP contribution >= 0.6 is 0 Å². The van der Waals surface area contributed by atoms with E-state index in [0.717, 1.165) is 33.9 Å². The molecule has 0 aliphatic carbocycles. The van der Waals surface area contributed by atoms with Crippen LogP contribution in [-0.4, -0.2) is 20.1 Å². The number of nitrogens with zero attached hydrogens (tertiary/aromatic N) is 1. The number of aromatic nitrogens is 1. The minimum atomic E-state index is -3.78. The molecule has 3 aromatic carbocycles. The van der Waals surface area contributed by atoms with E-state index in [1.165, 1.54) is 7.11 Å². The molecule has 0 atom stereocenters. The molecule has 1 heterocycles. The molecule has 0 aliphatic rings. The Morgan fingerprint density at radius 1 is 0.964 bits per heavy atom. The van der Waals surface area contributed by atoms with Crippen LogP contribution in [0, 0.1) is 6.92 Å². The molecule has 0 saturated heterocycles. The normalized spacial score (nSPS) is 11.8. The first kappa shape index (κ1) is 18.4. The lowest BCUT2D eigenvalue weighted by Gasteiger charge is -2.12. The molecule has 0 radical (unpaired) electrons. The number of rotatable bonds is 5. The maximum absolute atomic E-state index is 13.0. The van der Waals surface area contributed by atoms with Crippen molar-refractivity contribution in [3.05, 3.63) is 66.2 Å². The molecule has 0 aliphatic heterocycles. The third kappa shape index (κ3) is 2.99. The highest BCUT2D eigenvalue weighted by Gasteiger charge is 2.20. The van der Waals surface area contributed by atoms with Gasteiger partial charge in [0.2, 0.25) is 0 Å². The highest BCUT2D eigenvalue weighted by molar-refractivity contribution is 7.92. The summed E-state index contributed by atoms with van der Waals surface area (Å²) in [5.74, 6) is 0.321. The number of sulfonamides is 1. The number of anilines is 1. The van der Waals surface area contributed by atoms with Crippen LogP contribution in [0.1, 0.15) is 12.5 Å². The van der Waals surface area contributed by atoms with Crippen LogP contribution in [0.15, 0.2) is 65.6 Å². The first-order valence-electron chi connectivity index (χ1n) is 9.13. The number of nitrogens with one attached hydrogen (secondary N) is 1. The maximum atomic E-state index is 13.0.